The zero-order valence-electron chi connectivity index (χ0n) is 15.4. The van der Waals surface area contributed by atoms with E-state index >= 15 is 0 Å². The second kappa shape index (κ2) is 7.02. The third-order valence-corrected chi connectivity index (χ3v) is 4.70. The van der Waals surface area contributed by atoms with Gasteiger partial charge < -0.3 is 5.11 Å². The minimum atomic E-state index is -0.595. The first-order chi connectivity index (χ1) is 13.9. The molecule has 29 heavy (non-hydrogen) atoms. The Morgan fingerprint density at radius 1 is 1.03 bits per heavy atom. The molecule has 0 unspecified atom stereocenters. The Kier molecular flexibility index (Phi) is 4.51. The SMILES string of the molecule is CN1C(=O)N(C)c2c(N=Nc3ccc(Cl)cc3)c1nn2C(=O)c1ccccc1O. The number of halogens is 1. The van der Waals surface area contributed by atoms with E-state index in [9.17, 15) is 14.7 Å². The van der Waals surface area contributed by atoms with Gasteiger partial charge in [-0.1, -0.05) is 23.7 Å². The van der Waals surface area contributed by atoms with Gasteiger partial charge in [0.2, 0.25) is 0 Å². The molecule has 1 N–H and O–H groups in total. The summed E-state index contributed by atoms with van der Waals surface area (Å²) in [5.41, 5.74) is 0.853. The van der Waals surface area contributed by atoms with Crippen molar-refractivity contribution < 1.29 is 14.7 Å². The number of azo groups is 1. The van der Waals surface area contributed by atoms with Crippen molar-refractivity contribution in [2.45, 2.75) is 0 Å². The number of rotatable bonds is 3. The molecule has 1 aliphatic heterocycles. The minimum Gasteiger partial charge on any atom is -0.507 e. The van der Waals surface area contributed by atoms with Crippen LogP contribution in [0.15, 0.2) is 58.8 Å². The first-order valence-corrected chi connectivity index (χ1v) is 8.90. The molecule has 0 atom stereocenters. The zero-order valence-corrected chi connectivity index (χ0v) is 16.2. The van der Waals surface area contributed by atoms with Crippen molar-refractivity contribution in [1.82, 2.24) is 9.78 Å². The fraction of sp³-hybridized carbons (Fsp3) is 0.105. The predicted octanol–water partition coefficient (Wildman–Crippen LogP) is 4.35. The Bertz CT molecular complexity index is 1160. The van der Waals surface area contributed by atoms with Crippen LogP contribution in [0, 0.1) is 0 Å². The number of carbonyl (C=O) groups excluding carboxylic acids is 2. The highest BCUT2D eigenvalue weighted by Crippen LogP contribution is 2.43. The molecule has 146 valence electrons. The molecule has 0 saturated carbocycles. The van der Waals surface area contributed by atoms with Gasteiger partial charge in [0.1, 0.15) is 5.75 Å². The number of nitrogens with zero attached hydrogens (tertiary/aromatic N) is 6. The molecule has 10 heteroatoms. The summed E-state index contributed by atoms with van der Waals surface area (Å²) in [6.45, 7) is 0. The van der Waals surface area contributed by atoms with Crippen LogP contribution in [0.5, 0.6) is 5.75 Å². The van der Waals surface area contributed by atoms with Crippen LogP contribution in [0.1, 0.15) is 10.4 Å². The van der Waals surface area contributed by atoms with Crippen molar-refractivity contribution >= 4 is 46.5 Å². The Balaban J connectivity index is 1.83. The maximum Gasteiger partial charge on any atom is 0.330 e. The molecule has 1 aliphatic rings. The molecule has 0 radical (unpaired) electrons. The lowest BCUT2D eigenvalue weighted by Gasteiger charge is -2.26. The number of fused-ring (bicyclic) bond motifs is 2. The van der Waals surface area contributed by atoms with Gasteiger partial charge in [0.25, 0.3) is 5.91 Å². The highest BCUT2D eigenvalue weighted by atomic mass is 35.5. The van der Waals surface area contributed by atoms with E-state index in [1.165, 1.54) is 36.0 Å². The molecule has 0 aliphatic carbocycles. The number of phenolic OH excluding ortho intramolecular Hbond substituents is 1. The number of hydrogen-bond donors (Lipinski definition) is 1. The molecule has 1 aromatic heterocycles. The molecule has 0 spiro atoms. The first kappa shape index (κ1) is 18.6. The summed E-state index contributed by atoms with van der Waals surface area (Å²) in [7, 11) is 3.04. The number of para-hydroxylation sites is 1. The van der Waals surface area contributed by atoms with Crippen LogP contribution < -0.4 is 9.80 Å². The normalized spacial score (nSPS) is 13.4. The van der Waals surface area contributed by atoms with E-state index in [1.807, 2.05) is 0 Å². The highest BCUT2D eigenvalue weighted by molar-refractivity contribution is 6.30. The number of anilines is 2. The Morgan fingerprint density at radius 3 is 2.41 bits per heavy atom. The molecule has 2 aromatic carbocycles. The summed E-state index contributed by atoms with van der Waals surface area (Å²) in [4.78, 5) is 28.0. The maximum absolute atomic E-state index is 13.0. The molecule has 0 fully saturated rings. The standard InChI is InChI=1S/C19H15ClN6O3/c1-24-16-15(22-21-12-9-7-11(20)8-10-12)17(25(2)19(24)29)26(23-16)18(28)13-5-3-4-6-14(13)27/h3-10,27H,1-2H3. The molecule has 2 bridgehead atoms. The number of benzene rings is 2. The van der Waals surface area contributed by atoms with Crippen molar-refractivity contribution in [2.75, 3.05) is 23.9 Å². The third kappa shape index (κ3) is 3.11. The van der Waals surface area contributed by atoms with Gasteiger partial charge in [0, 0.05) is 19.1 Å². The van der Waals surface area contributed by atoms with E-state index in [0.717, 1.165) is 4.68 Å². The van der Waals surface area contributed by atoms with E-state index in [4.69, 9.17) is 11.6 Å². The summed E-state index contributed by atoms with van der Waals surface area (Å²) >= 11 is 5.88. The van der Waals surface area contributed by atoms with Crippen LogP contribution in [0.4, 0.5) is 27.8 Å². The van der Waals surface area contributed by atoms with E-state index < -0.39 is 5.91 Å². The van der Waals surface area contributed by atoms with E-state index in [0.29, 0.717) is 10.7 Å². The average Bonchev–Trinajstić information content (AvgIpc) is 3.06. The summed E-state index contributed by atoms with van der Waals surface area (Å²) in [5, 5.41) is 23.3. The first-order valence-electron chi connectivity index (χ1n) is 8.53. The number of amides is 2. The van der Waals surface area contributed by atoms with Crippen molar-refractivity contribution in [2.24, 2.45) is 10.2 Å². The van der Waals surface area contributed by atoms with Crippen molar-refractivity contribution in [3.63, 3.8) is 0 Å². The number of urea groups is 1. The third-order valence-electron chi connectivity index (χ3n) is 4.45. The fourth-order valence-corrected chi connectivity index (χ4v) is 3.06. The van der Waals surface area contributed by atoms with Gasteiger partial charge >= 0.3 is 6.03 Å². The summed E-state index contributed by atoms with van der Waals surface area (Å²) < 4.78 is 1.04. The summed E-state index contributed by atoms with van der Waals surface area (Å²) in [5.74, 6) is -0.438. The lowest BCUT2D eigenvalue weighted by molar-refractivity contribution is 0.0945. The Labute approximate surface area is 170 Å². The van der Waals surface area contributed by atoms with E-state index in [-0.39, 0.29) is 34.7 Å². The number of aromatic nitrogens is 2. The second-order valence-electron chi connectivity index (χ2n) is 6.31. The molecule has 4 rings (SSSR count). The lowest BCUT2D eigenvalue weighted by Crippen LogP contribution is -2.41. The van der Waals surface area contributed by atoms with Gasteiger partial charge in [-0.25, -0.2) is 4.79 Å². The van der Waals surface area contributed by atoms with Gasteiger partial charge in [-0.05, 0) is 36.4 Å². The van der Waals surface area contributed by atoms with Gasteiger partial charge in [-0.15, -0.1) is 10.2 Å². The maximum atomic E-state index is 13.0. The van der Waals surface area contributed by atoms with Gasteiger partial charge in [0.15, 0.2) is 17.3 Å². The fourth-order valence-electron chi connectivity index (χ4n) is 2.94. The summed E-state index contributed by atoms with van der Waals surface area (Å²) in [6, 6.07) is 12.5. The molecule has 2 amide bonds. The highest BCUT2D eigenvalue weighted by Gasteiger charge is 2.38. The molecule has 2 heterocycles. The number of phenols is 1. The van der Waals surface area contributed by atoms with Crippen molar-refractivity contribution in [1.29, 1.82) is 0 Å². The largest absolute Gasteiger partial charge is 0.507 e. The lowest BCUT2D eigenvalue weighted by atomic mass is 10.2. The minimum absolute atomic E-state index is 0.0504. The molecular weight excluding hydrogens is 396 g/mol. The van der Waals surface area contributed by atoms with Gasteiger partial charge in [-0.2, -0.15) is 9.80 Å². The van der Waals surface area contributed by atoms with E-state index in [2.05, 4.69) is 15.3 Å². The van der Waals surface area contributed by atoms with Crippen LogP contribution in [0.2, 0.25) is 5.02 Å². The Morgan fingerprint density at radius 2 is 1.72 bits per heavy atom. The topological polar surface area (TPSA) is 103 Å². The second-order valence-corrected chi connectivity index (χ2v) is 6.74. The van der Waals surface area contributed by atoms with Crippen LogP contribution in [0.3, 0.4) is 0 Å². The van der Waals surface area contributed by atoms with Crippen molar-refractivity contribution in [3.05, 3.63) is 59.1 Å². The predicted molar refractivity (Wildman–Crippen MR) is 108 cm³/mol. The van der Waals surface area contributed by atoms with Gasteiger partial charge in [-0.3, -0.25) is 14.6 Å². The molecule has 9 nitrogen and oxygen atoms in total. The monoisotopic (exact) mass is 410 g/mol. The quantitative estimate of drug-likeness (QED) is 0.648. The van der Waals surface area contributed by atoms with Crippen LogP contribution in [0.25, 0.3) is 0 Å². The van der Waals surface area contributed by atoms with Crippen LogP contribution in [-0.4, -0.2) is 40.9 Å². The van der Waals surface area contributed by atoms with Crippen LogP contribution >= 0.6 is 11.6 Å². The zero-order chi connectivity index (χ0) is 20.7. The van der Waals surface area contributed by atoms with Gasteiger partial charge in [0.05, 0.1) is 11.3 Å². The number of hydrogen-bond acceptors (Lipinski definition) is 6. The van der Waals surface area contributed by atoms with Crippen molar-refractivity contribution in [3.8, 4) is 5.75 Å². The average molecular weight is 411 g/mol. The Hall–Kier alpha value is -3.72. The molecule has 0 saturated heterocycles. The number of carbonyl (C=O) groups is 2. The number of aromatic hydroxyl groups is 1. The smallest absolute Gasteiger partial charge is 0.330 e. The summed E-state index contributed by atoms with van der Waals surface area (Å²) in [6.07, 6.45) is 0. The molecular formula is C19H15ClN6O3. The molecule has 3 aromatic rings. The van der Waals surface area contributed by atoms with E-state index in [1.54, 1.807) is 36.4 Å². The van der Waals surface area contributed by atoms with Crippen LogP contribution in [-0.2, 0) is 0 Å².